The Morgan fingerprint density at radius 1 is 1.29 bits per heavy atom. The molecule has 3 heteroatoms. The number of hydrogen-bond donors (Lipinski definition) is 1. The summed E-state index contributed by atoms with van der Waals surface area (Å²) in [6.07, 6.45) is 3.23. The first-order valence-corrected chi connectivity index (χ1v) is 6.00. The van der Waals surface area contributed by atoms with E-state index >= 15 is 0 Å². The van der Waals surface area contributed by atoms with E-state index in [4.69, 9.17) is 0 Å². The van der Waals surface area contributed by atoms with Gasteiger partial charge in [-0.3, -0.25) is 4.98 Å². The molecule has 88 valence electrons. The van der Waals surface area contributed by atoms with Crippen molar-refractivity contribution in [2.75, 3.05) is 12.4 Å². The summed E-state index contributed by atoms with van der Waals surface area (Å²) in [5.74, 6) is -0.206. The second-order valence-corrected chi connectivity index (χ2v) is 4.63. The van der Waals surface area contributed by atoms with Gasteiger partial charge in [-0.15, -0.1) is 0 Å². The topological polar surface area (TPSA) is 24.9 Å². The molecule has 0 spiro atoms. The van der Waals surface area contributed by atoms with Crippen molar-refractivity contribution in [3.63, 3.8) is 0 Å². The Morgan fingerprint density at radius 2 is 2.12 bits per heavy atom. The van der Waals surface area contributed by atoms with Gasteiger partial charge in [-0.1, -0.05) is 0 Å². The van der Waals surface area contributed by atoms with Crippen LogP contribution < -0.4 is 5.32 Å². The third kappa shape index (κ3) is 1.49. The molecule has 3 rings (SSSR count). The summed E-state index contributed by atoms with van der Waals surface area (Å²) < 4.78 is 13.4. The minimum Gasteiger partial charge on any atom is -0.387 e. The zero-order valence-corrected chi connectivity index (χ0v) is 10.1. The van der Waals surface area contributed by atoms with E-state index in [0.29, 0.717) is 0 Å². The van der Waals surface area contributed by atoms with Gasteiger partial charge in [0.1, 0.15) is 5.82 Å². The van der Waals surface area contributed by atoms with E-state index in [1.165, 1.54) is 11.6 Å². The Bertz CT molecular complexity index is 605. The Balaban J connectivity index is 2.45. The van der Waals surface area contributed by atoms with Crippen molar-refractivity contribution in [2.24, 2.45) is 0 Å². The van der Waals surface area contributed by atoms with E-state index in [0.717, 1.165) is 47.1 Å². The number of halogens is 1. The summed E-state index contributed by atoms with van der Waals surface area (Å²) in [4.78, 5) is 4.61. The summed E-state index contributed by atoms with van der Waals surface area (Å²) in [6.45, 7) is 1.94. The zero-order chi connectivity index (χ0) is 12.0. The molecule has 0 fully saturated rings. The molecule has 1 N–H and O–H groups in total. The van der Waals surface area contributed by atoms with Crippen molar-refractivity contribution in [3.8, 4) is 0 Å². The third-order valence-corrected chi connectivity index (χ3v) is 3.53. The van der Waals surface area contributed by atoms with Crippen LogP contribution in [0.15, 0.2) is 12.1 Å². The van der Waals surface area contributed by atoms with Crippen LogP contribution >= 0.6 is 0 Å². The molecular weight excluding hydrogens is 215 g/mol. The maximum absolute atomic E-state index is 13.4. The first kappa shape index (κ1) is 10.5. The van der Waals surface area contributed by atoms with Gasteiger partial charge >= 0.3 is 0 Å². The minimum absolute atomic E-state index is 0.206. The predicted molar refractivity (Wildman–Crippen MR) is 68.0 cm³/mol. The van der Waals surface area contributed by atoms with Gasteiger partial charge in [0, 0.05) is 29.9 Å². The van der Waals surface area contributed by atoms with E-state index in [9.17, 15) is 4.39 Å². The number of benzene rings is 1. The van der Waals surface area contributed by atoms with Crippen LogP contribution in [0.5, 0.6) is 0 Å². The second kappa shape index (κ2) is 3.69. The highest BCUT2D eigenvalue weighted by Gasteiger charge is 2.20. The molecule has 1 heterocycles. The van der Waals surface area contributed by atoms with Crippen LogP contribution in [0.1, 0.15) is 23.2 Å². The fraction of sp³-hybridized carbons (Fsp3) is 0.357. The number of fused-ring (bicyclic) bond motifs is 2. The molecule has 0 aliphatic heterocycles. The van der Waals surface area contributed by atoms with E-state index < -0.39 is 0 Å². The minimum atomic E-state index is -0.206. The summed E-state index contributed by atoms with van der Waals surface area (Å²) in [5, 5.41) is 4.33. The lowest BCUT2D eigenvalue weighted by molar-refractivity contribution is 0.628. The number of anilines is 1. The fourth-order valence-corrected chi connectivity index (χ4v) is 2.83. The molecule has 0 atom stereocenters. The van der Waals surface area contributed by atoms with Crippen LogP contribution in [0, 0.1) is 12.7 Å². The molecule has 2 nitrogen and oxygen atoms in total. The highest BCUT2D eigenvalue weighted by Crippen LogP contribution is 2.35. The summed E-state index contributed by atoms with van der Waals surface area (Å²) in [7, 11) is 1.93. The number of rotatable bonds is 1. The van der Waals surface area contributed by atoms with Crippen molar-refractivity contribution in [2.45, 2.75) is 26.2 Å². The zero-order valence-electron chi connectivity index (χ0n) is 10.1. The molecule has 1 aliphatic rings. The molecule has 17 heavy (non-hydrogen) atoms. The van der Waals surface area contributed by atoms with Crippen molar-refractivity contribution >= 4 is 16.6 Å². The lowest BCUT2D eigenvalue weighted by Gasteiger charge is -2.13. The normalized spacial score (nSPS) is 14.1. The van der Waals surface area contributed by atoms with Crippen LogP contribution in [0.4, 0.5) is 10.1 Å². The van der Waals surface area contributed by atoms with Gasteiger partial charge in [0.05, 0.1) is 5.52 Å². The number of aromatic nitrogens is 1. The van der Waals surface area contributed by atoms with E-state index in [-0.39, 0.29) is 5.82 Å². The highest BCUT2D eigenvalue weighted by atomic mass is 19.1. The van der Waals surface area contributed by atoms with Gasteiger partial charge in [0.25, 0.3) is 0 Å². The van der Waals surface area contributed by atoms with E-state index in [2.05, 4.69) is 10.3 Å². The average molecular weight is 230 g/mol. The van der Waals surface area contributed by atoms with Crippen molar-refractivity contribution in [1.82, 2.24) is 4.98 Å². The van der Waals surface area contributed by atoms with Gasteiger partial charge in [0.15, 0.2) is 0 Å². The lowest BCUT2D eigenvalue weighted by atomic mass is 10.0. The molecule has 0 saturated carbocycles. The van der Waals surface area contributed by atoms with Gasteiger partial charge in [-0.05, 0) is 43.4 Å². The molecule has 0 radical (unpaired) electrons. The predicted octanol–water partition coefficient (Wildman–Crippen LogP) is 3.21. The van der Waals surface area contributed by atoms with Crippen LogP contribution in [-0.2, 0) is 12.8 Å². The molecule has 1 aromatic heterocycles. The highest BCUT2D eigenvalue weighted by molar-refractivity contribution is 5.96. The van der Waals surface area contributed by atoms with Crippen LogP contribution in [0.25, 0.3) is 10.9 Å². The fourth-order valence-electron chi connectivity index (χ4n) is 2.83. The standard InChI is InChI=1S/C14H15FN2/c1-8-6-9(15)7-12-13(8)14(16-2)10-4-3-5-11(10)17-12/h6-7H,3-5H2,1-2H3,(H,16,17). The van der Waals surface area contributed by atoms with Gasteiger partial charge in [0.2, 0.25) is 0 Å². The van der Waals surface area contributed by atoms with E-state index in [1.54, 1.807) is 6.07 Å². The van der Waals surface area contributed by atoms with Crippen molar-refractivity contribution < 1.29 is 4.39 Å². The molecule has 0 saturated heterocycles. The molecule has 1 aliphatic carbocycles. The maximum Gasteiger partial charge on any atom is 0.125 e. The lowest BCUT2D eigenvalue weighted by Crippen LogP contribution is -2.01. The quantitative estimate of drug-likeness (QED) is 0.813. The van der Waals surface area contributed by atoms with E-state index in [1.807, 2.05) is 14.0 Å². The number of hydrogen-bond acceptors (Lipinski definition) is 2. The summed E-state index contributed by atoms with van der Waals surface area (Å²) >= 11 is 0. The largest absolute Gasteiger partial charge is 0.387 e. The Kier molecular flexibility index (Phi) is 2.28. The smallest absolute Gasteiger partial charge is 0.125 e. The molecular formula is C14H15FN2. The number of nitrogens with zero attached hydrogens (tertiary/aromatic N) is 1. The SMILES string of the molecule is CNc1c2c(nc3cc(F)cc(C)c13)CCC2. The van der Waals surface area contributed by atoms with Gasteiger partial charge in [-0.2, -0.15) is 0 Å². The Labute approximate surface area is 99.9 Å². The molecule has 1 aromatic carbocycles. The number of aryl methyl sites for hydroxylation is 2. The van der Waals surface area contributed by atoms with Crippen LogP contribution in [0.2, 0.25) is 0 Å². The molecule has 0 bridgehead atoms. The first-order valence-electron chi connectivity index (χ1n) is 6.00. The summed E-state index contributed by atoms with van der Waals surface area (Å²) in [6, 6.07) is 3.11. The molecule has 0 unspecified atom stereocenters. The van der Waals surface area contributed by atoms with Crippen molar-refractivity contribution in [1.29, 1.82) is 0 Å². The Morgan fingerprint density at radius 3 is 2.88 bits per heavy atom. The summed E-state index contributed by atoms with van der Waals surface area (Å²) in [5.41, 5.74) is 5.31. The first-order chi connectivity index (χ1) is 8.20. The van der Waals surface area contributed by atoms with Gasteiger partial charge in [-0.25, -0.2) is 4.39 Å². The third-order valence-electron chi connectivity index (χ3n) is 3.53. The number of pyridine rings is 1. The average Bonchev–Trinajstić information content (AvgIpc) is 2.73. The second-order valence-electron chi connectivity index (χ2n) is 4.63. The molecule has 2 aromatic rings. The maximum atomic E-state index is 13.4. The monoisotopic (exact) mass is 230 g/mol. The van der Waals surface area contributed by atoms with Crippen molar-refractivity contribution in [3.05, 3.63) is 34.8 Å². The van der Waals surface area contributed by atoms with Crippen LogP contribution in [-0.4, -0.2) is 12.0 Å². The van der Waals surface area contributed by atoms with Gasteiger partial charge < -0.3 is 5.32 Å². The molecule has 0 amide bonds. The van der Waals surface area contributed by atoms with Crippen LogP contribution in [0.3, 0.4) is 0 Å². The Hall–Kier alpha value is -1.64. The number of nitrogens with one attached hydrogen (secondary N) is 1.